The number of fused-ring (bicyclic) bond motifs is 1. The standard InChI is InChI=1S/C18H19N3O3/c22-13-20-7-5-16(12-20)24-15-3-4-18-17(10-15)21(8-9-23-18)14-2-1-6-19-11-14/h1-4,6,10-11,13,16H,5,7-9,12H2. The van der Waals surface area contributed by atoms with Gasteiger partial charge < -0.3 is 19.3 Å². The maximum absolute atomic E-state index is 10.8. The Morgan fingerprint density at radius 1 is 1.29 bits per heavy atom. The van der Waals surface area contributed by atoms with Gasteiger partial charge in [-0.1, -0.05) is 0 Å². The number of carbonyl (C=O) groups is 1. The Morgan fingerprint density at radius 2 is 2.25 bits per heavy atom. The molecule has 1 unspecified atom stereocenters. The minimum Gasteiger partial charge on any atom is -0.490 e. The second kappa shape index (κ2) is 6.39. The van der Waals surface area contributed by atoms with Crippen LogP contribution in [0.15, 0.2) is 42.7 Å². The van der Waals surface area contributed by atoms with Gasteiger partial charge in [0.2, 0.25) is 6.41 Å². The van der Waals surface area contributed by atoms with Crippen LogP contribution in [0.25, 0.3) is 0 Å². The quantitative estimate of drug-likeness (QED) is 0.807. The molecule has 24 heavy (non-hydrogen) atoms. The van der Waals surface area contributed by atoms with E-state index in [1.165, 1.54) is 0 Å². The first-order valence-corrected chi connectivity index (χ1v) is 8.14. The van der Waals surface area contributed by atoms with Crippen molar-refractivity contribution in [1.82, 2.24) is 9.88 Å². The summed E-state index contributed by atoms with van der Waals surface area (Å²) in [7, 11) is 0. The van der Waals surface area contributed by atoms with Crippen molar-refractivity contribution in [2.75, 3.05) is 31.1 Å². The van der Waals surface area contributed by atoms with Gasteiger partial charge in [0.15, 0.2) is 0 Å². The van der Waals surface area contributed by atoms with E-state index in [-0.39, 0.29) is 6.10 Å². The van der Waals surface area contributed by atoms with E-state index in [9.17, 15) is 4.79 Å². The van der Waals surface area contributed by atoms with Gasteiger partial charge in [-0.15, -0.1) is 0 Å². The molecule has 1 fully saturated rings. The van der Waals surface area contributed by atoms with Gasteiger partial charge in [-0.2, -0.15) is 0 Å². The molecule has 0 N–H and O–H groups in total. The summed E-state index contributed by atoms with van der Waals surface area (Å²) < 4.78 is 11.8. The summed E-state index contributed by atoms with van der Waals surface area (Å²) in [5.74, 6) is 1.64. The summed E-state index contributed by atoms with van der Waals surface area (Å²) in [4.78, 5) is 19.0. The maximum Gasteiger partial charge on any atom is 0.209 e. The van der Waals surface area contributed by atoms with Crippen molar-refractivity contribution in [2.45, 2.75) is 12.5 Å². The summed E-state index contributed by atoms with van der Waals surface area (Å²) in [5.41, 5.74) is 2.02. The van der Waals surface area contributed by atoms with E-state index in [4.69, 9.17) is 9.47 Å². The van der Waals surface area contributed by atoms with Gasteiger partial charge >= 0.3 is 0 Å². The van der Waals surface area contributed by atoms with Crippen molar-refractivity contribution in [3.8, 4) is 11.5 Å². The highest BCUT2D eigenvalue weighted by atomic mass is 16.5. The van der Waals surface area contributed by atoms with E-state index in [0.717, 1.165) is 48.8 Å². The van der Waals surface area contributed by atoms with E-state index in [0.29, 0.717) is 13.2 Å². The Morgan fingerprint density at radius 3 is 3.04 bits per heavy atom. The summed E-state index contributed by atoms with van der Waals surface area (Å²) in [6.07, 6.45) is 5.40. The maximum atomic E-state index is 10.8. The van der Waals surface area contributed by atoms with Crippen molar-refractivity contribution in [1.29, 1.82) is 0 Å². The number of aromatic nitrogens is 1. The Hall–Kier alpha value is -2.76. The second-order valence-corrected chi connectivity index (χ2v) is 5.97. The van der Waals surface area contributed by atoms with E-state index < -0.39 is 0 Å². The second-order valence-electron chi connectivity index (χ2n) is 5.97. The first-order valence-electron chi connectivity index (χ1n) is 8.14. The number of anilines is 2. The predicted molar refractivity (Wildman–Crippen MR) is 89.9 cm³/mol. The number of nitrogens with zero attached hydrogens (tertiary/aromatic N) is 3. The topological polar surface area (TPSA) is 54.9 Å². The zero-order chi connectivity index (χ0) is 16.4. The van der Waals surface area contributed by atoms with Gasteiger partial charge in [-0.25, -0.2) is 0 Å². The molecule has 1 aromatic heterocycles. The van der Waals surface area contributed by atoms with Gasteiger partial charge in [0, 0.05) is 25.2 Å². The van der Waals surface area contributed by atoms with Crippen LogP contribution in [0.5, 0.6) is 11.5 Å². The first kappa shape index (κ1) is 14.8. The molecule has 1 amide bonds. The lowest BCUT2D eigenvalue weighted by Crippen LogP contribution is -2.29. The molecular weight excluding hydrogens is 306 g/mol. The molecule has 0 bridgehead atoms. The van der Waals surface area contributed by atoms with Crippen LogP contribution in [-0.2, 0) is 4.79 Å². The summed E-state index contributed by atoms with van der Waals surface area (Å²) in [6.45, 7) is 2.80. The lowest BCUT2D eigenvalue weighted by atomic mass is 10.2. The van der Waals surface area contributed by atoms with Crippen LogP contribution in [0, 0.1) is 0 Å². The smallest absolute Gasteiger partial charge is 0.209 e. The van der Waals surface area contributed by atoms with Crippen LogP contribution in [-0.4, -0.2) is 48.6 Å². The number of rotatable bonds is 4. The lowest BCUT2D eigenvalue weighted by Gasteiger charge is -2.31. The summed E-state index contributed by atoms with van der Waals surface area (Å²) in [5, 5.41) is 0. The lowest BCUT2D eigenvalue weighted by molar-refractivity contribution is -0.117. The molecule has 4 rings (SSSR count). The molecule has 0 spiro atoms. The van der Waals surface area contributed by atoms with E-state index in [1.807, 2.05) is 36.5 Å². The van der Waals surface area contributed by atoms with Gasteiger partial charge in [-0.3, -0.25) is 9.78 Å². The Kier molecular flexibility index (Phi) is 3.94. The third-order valence-electron chi connectivity index (χ3n) is 4.38. The van der Waals surface area contributed by atoms with Crippen LogP contribution in [0.4, 0.5) is 11.4 Å². The highest BCUT2D eigenvalue weighted by Crippen LogP contribution is 2.39. The molecular formula is C18H19N3O3. The van der Waals surface area contributed by atoms with Crippen LogP contribution >= 0.6 is 0 Å². The Labute approximate surface area is 140 Å². The highest BCUT2D eigenvalue weighted by molar-refractivity contribution is 5.71. The monoisotopic (exact) mass is 325 g/mol. The average molecular weight is 325 g/mol. The third kappa shape index (κ3) is 2.87. The fourth-order valence-electron chi connectivity index (χ4n) is 3.19. The fourth-order valence-corrected chi connectivity index (χ4v) is 3.19. The Balaban J connectivity index is 1.58. The zero-order valence-corrected chi connectivity index (χ0v) is 13.3. The summed E-state index contributed by atoms with van der Waals surface area (Å²) >= 11 is 0. The predicted octanol–water partition coefficient (Wildman–Crippen LogP) is 2.22. The number of benzene rings is 1. The summed E-state index contributed by atoms with van der Waals surface area (Å²) in [6, 6.07) is 9.84. The highest BCUT2D eigenvalue weighted by Gasteiger charge is 2.24. The van der Waals surface area contributed by atoms with Crippen LogP contribution < -0.4 is 14.4 Å². The molecule has 2 aliphatic rings. The SMILES string of the molecule is O=CN1CCC(Oc2ccc3c(c2)N(c2cccnc2)CCO3)C1. The number of amides is 1. The number of carbonyl (C=O) groups excluding carboxylic acids is 1. The molecule has 1 saturated heterocycles. The minimum atomic E-state index is 0.0459. The Bertz CT molecular complexity index is 723. The molecule has 124 valence electrons. The van der Waals surface area contributed by atoms with E-state index >= 15 is 0 Å². The number of ether oxygens (including phenoxy) is 2. The average Bonchev–Trinajstić information content (AvgIpc) is 3.09. The third-order valence-corrected chi connectivity index (χ3v) is 4.38. The normalized spacial score (nSPS) is 19.6. The molecule has 0 saturated carbocycles. The molecule has 3 heterocycles. The largest absolute Gasteiger partial charge is 0.490 e. The van der Waals surface area contributed by atoms with Crippen LogP contribution in [0.1, 0.15) is 6.42 Å². The van der Waals surface area contributed by atoms with Gasteiger partial charge in [0.05, 0.1) is 30.7 Å². The van der Waals surface area contributed by atoms with Crippen molar-refractivity contribution in [3.63, 3.8) is 0 Å². The fraction of sp³-hybridized carbons (Fsp3) is 0.333. The van der Waals surface area contributed by atoms with Crippen molar-refractivity contribution in [2.24, 2.45) is 0 Å². The molecule has 0 aliphatic carbocycles. The molecule has 2 aromatic rings. The zero-order valence-electron chi connectivity index (χ0n) is 13.3. The minimum absolute atomic E-state index is 0.0459. The number of pyridine rings is 1. The molecule has 1 aromatic carbocycles. The van der Waals surface area contributed by atoms with Crippen LogP contribution in [0.3, 0.4) is 0 Å². The molecule has 1 atom stereocenters. The van der Waals surface area contributed by atoms with E-state index in [1.54, 1.807) is 11.1 Å². The number of likely N-dealkylation sites (tertiary alicyclic amines) is 1. The van der Waals surface area contributed by atoms with Crippen LogP contribution in [0.2, 0.25) is 0 Å². The number of hydrogen-bond acceptors (Lipinski definition) is 5. The van der Waals surface area contributed by atoms with Gasteiger partial charge in [0.1, 0.15) is 24.2 Å². The number of hydrogen-bond donors (Lipinski definition) is 0. The van der Waals surface area contributed by atoms with Crippen molar-refractivity contribution >= 4 is 17.8 Å². The first-order chi connectivity index (χ1) is 11.8. The van der Waals surface area contributed by atoms with E-state index in [2.05, 4.69) is 9.88 Å². The molecule has 6 heteroatoms. The molecule has 2 aliphatic heterocycles. The molecule has 6 nitrogen and oxygen atoms in total. The van der Waals surface area contributed by atoms with Crippen molar-refractivity contribution < 1.29 is 14.3 Å². The van der Waals surface area contributed by atoms with Gasteiger partial charge in [-0.05, 0) is 24.3 Å². The van der Waals surface area contributed by atoms with Gasteiger partial charge in [0.25, 0.3) is 0 Å². The molecule has 0 radical (unpaired) electrons. The van der Waals surface area contributed by atoms with Crippen molar-refractivity contribution in [3.05, 3.63) is 42.7 Å².